The Morgan fingerprint density at radius 1 is 1.07 bits per heavy atom. The van der Waals surface area contributed by atoms with E-state index in [1.54, 1.807) is 19.1 Å². The second kappa shape index (κ2) is 8.64. The highest BCUT2D eigenvalue weighted by atomic mass is 35.5. The van der Waals surface area contributed by atoms with Crippen LogP contribution in [-0.2, 0) is 6.54 Å². The predicted molar refractivity (Wildman–Crippen MR) is 108 cm³/mol. The van der Waals surface area contributed by atoms with Crippen molar-refractivity contribution in [3.63, 3.8) is 0 Å². The smallest absolute Gasteiger partial charge is 0.270 e. The molecule has 5 nitrogen and oxygen atoms in total. The predicted octanol–water partition coefficient (Wildman–Crippen LogP) is 4.54. The third kappa shape index (κ3) is 5.05. The number of nitrogens with one attached hydrogen (secondary N) is 2. The topological polar surface area (TPSA) is 66.9 Å². The lowest BCUT2D eigenvalue weighted by Crippen LogP contribution is -2.24. The molecular formula is C21H21ClN4O. The van der Waals surface area contributed by atoms with Crippen LogP contribution in [0.1, 0.15) is 40.4 Å². The first-order valence-electron chi connectivity index (χ1n) is 8.71. The minimum atomic E-state index is -0.268. The fraction of sp³-hybridized carbons (Fsp3) is 0.190. The molecule has 3 aromatic rings. The SMILES string of the molecule is Cc1nc(NC(C)c2ccccc2)cc(C(=O)NCc2ccccc2Cl)n1. The maximum absolute atomic E-state index is 12.5. The summed E-state index contributed by atoms with van der Waals surface area (Å²) in [5, 5.41) is 6.80. The molecule has 6 heteroatoms. The first kappa shape index (κ1) is 18.9. The number of anilines is 1. The van der Waals surface area contributed by atoms with Crippen LogP contribution in [0.4, 0.5) is 5.82 Å². The van der Waals surface area contributed by atoms with Crippen molar-refractivity contribution in [2.75, 3.05) is 5.32 Å². The van der Waals surface area contributed by atoms with Crippen LogP contribution in [0.3, 0.4) is 0 Å². The van der Waals surface area contributed by atoms with Crippen molar-refractivity contribution in [3.05, 3.63) is 88.3 Å². The highest BCUT2D eigenvalue weighted by molar-refractivity contribution is 6.31. The van der Waals surface area contributed by atoms with E-state index < -0.39 is 0 Å². The summed E-state index contributed by atoms with van der Waals surface area (Å²) < 4.78 is 0. The van der Waals surface area contributed by atoms with Gasteiger partial charge in [0.1, 0.15) is 17.3 Å². The van der Waals surface area contributed by atoms with Gasteiger partial charge in [0, 0.05) is 23.7 Å². The van der Waals surface area contributed by atoms with Gasteiger partial charge < -0.3 is 10.6 Å². The zero-order valence-corrected chi connectivity index (χ0v) is 16.0. The Kier molecular flexibility index (Phi) is 6.04. The number of aryl methyl sites for hydroxylation is 1. The molecule has 2 N–H and O–H groups in total. The minimum Gasteiger partial charge on any atom is -0.363 e. The number of halogens is 1. The number of rotatable bonds is 6. The zero-order valence-electron chi connectivity index (χ0n) is 15.2. The molecule has 1 unspecified atom stereocenters. The lowest BCUT2D eigenvalue weighted by Gasteiger charge is -2.16. The van der Waals surface area contributed by atoms with Gasteiger partial charge in [-0.3, -0.25) is 4.79 Å². The minimum absolute atomic E-state index is 0.0551. The molecule has 1 aromatic heterocycles. The molecule has 0 spiro atoms. The molecule has 0 fully saturated rings. The number of hydrogen-bond donors (Lipinski definition) is 2. The molecule has 0 aliphatic carbocycles. The molecule has 138 valence electrons. The Morgan fingerprint density at radius 3 is 2.52 bits per heavy atom. The molecule has 0 saturated carbocycles. The fourth-order valence-electron chi connectivity index (χ4n) is 2.71. The lowest BCUT2D eigenvalue weighted by molar-refractivity contribution is 0.0945. The number of carbonyl (C=O) groups excluding carboxylic acids is 1. The van der Waals surface area contributed by atoms with Crippen LogP contribution in [0.5, 0.6) is 0 Å². The van der Waals surface area contributed by atoms with Crippen LogP contribution >= 0.6 is 11.6 Å². The van der Waals surface area contributed by atoms with E-state index in [-0.39, 0.29) is 11.9 Å². The molecule has 1 atom stereocenters. The average molecular weight is 381 g/mol. The summed E-state index contributed by atoms with van der Waals surface area (Å²) in [6, 6.07) is 19.2. The number of amides is 1. The maximum Gasteiger partial charge on any atom is 0.270 e. The fourth-order valence-corrected chi connectivity index (χ4v) is 2.92. The van der Waals surface area contributed by atoms with Gasteiger partial charge in [0.15, 0.2) is 0 Å². The number of carbonyl (C=O) groups is 1. The first-order valence-corrected chi connectivity index (χ1v) is 9.09. The van der Waals surface area contributed by atoms with Gasteiger partial charge in [0.2, 0.25) is 0 Å². The normalized spacial score (nSPS) is 11.7. The van der Waals surface area contributed by atoms with Crippen molar-refractivity contribution in [3.8, 4) is 0 Å². The molecular weight excluding hydrogens is 360 g/mol. The van der Waals surface area contributed by atoms with Gasteiger partial charge in [-0.05, 0) is 31.0 Å². The van der Waals surface area contributed by atoms with Crippen LogP contribution in [0.25, 0.3) is 0 Å². The Labute approximate surface area is 163 Å². The Morgan fingerprint density at radius 2 is 1.78 bits per heavy atom. The van der Waals surface area contributed by atoms with Gasteiger partial charge in [-0.25, -0.2) is 9.97 Å². The highest BCUT2D eigenvalue weighted by Gasteiger charge is 2.13. The van der Waals surface area contributed by atoms with Crippen LogP contribution in [0.2, 0.25) is 5.02 Å². The third-order valence-electron chi connectivity index (χ3n) is 4.13. The summed E-state index contributed by atoms with van der Waals surface area (Å²) in [6.45, 7) is 4.15. The monoisotopic (exact) mass is 380 g/mol. The van der Waals surface area contributed by atoms with Crippen molar-refractivity contribution in [1.29, 1.82) is 0 Å². The van der Waals surface area contributed by atoms with Crippen LogP contribution in [0.15, 0.2) is 60.7 Å². The molecule has 1 amide bonds. The molecule has 0 aliphatic heterocycles. The van der Waals surface area contributed by atoms with Crippen LogP contribution < -0.4 is 10.6 Å². The quantitative estimate of drug-likeness (QED) is 0.658. The summed E-state index contributed by atoms with van der Waals surface area (Å²) in [7, 11) is 0. The van der Waals surface area contributed by atoms with E-state index in [1.165, 1.54) is 0 Å². The van der Waals surface area contributed by atoms with E-state index in [0.717, 1.165) is 11.1 Å². The van der Waals surface area contributed by atoms with E-state index in [2.05, 4.69) is 20.6 Å². The Balaban J connectivity index is 1.71. The second-order valence-electron chi connectivity index (χ2n) is 6.24. The molecule has 27 heavy (non-hydrogen) atoms. The van der Waals surface area contributed by atoms with E-state index in [4.69, 9.17) is 11.6 Å². The lowest BCUT2D eigenvalue weighted by atomic mass is 10.1. The van der Waals surface area contributed by atoms with Gasteiger partial charge in [-0.2, -0.15) is 0 Å². The third-order valence-corrected chi connectivity index (χ3v) is 4.50. The van der Waals surface area contributed by atoms with Gasteiger partial charge in [0.25, 0.3) is 5.91 Å². The maximum atomic E-state index is 12.5. The molecule has 2 aromatic carbocycles. The average Bonchev–Trinajstić information content (AvgIpc) is 2.67. The van der Waals surface area contributed by atoms with E-state index in [0.29, 0.717) is 28.9 Å². The summed E-state index contributed by atoms with van der Waals surface area (Å²) >= 11 is 6.13. The van der Waals surface area contributed by atoms with Crippen molar-refractivity contribution in [2.45, 2.75) is 26.4 Å². The number of nitrogens with zero attached hydrogens (tertiary/aromatic N) is 2. The van der Waals surface area contributed by atoms with Gasteiger partial charge in [-0.15, -0.1) is 0 Å². The van der Waals surface area contributed by atoms with E-state index in [1.807, 2.05) is 55.5 Å². The molecule has 0 radical (unpaired) electrons. The van der Waals surface area contributed by atoms with Crippen molar-refractivity contribution < 1.29 is 4.79 Å². The zero-order chi connectivity index (χ0) is 19.2. The van der Waals surface area contributed by atoms with Gasteiger partial charge in [-0.1, -0.05) is 60.1 Å². The van der Waals surface area contributed by atoms with Crippen molar-refractivity contribution in [1.82, 2.24) is 15.3 Å². The van der Waals surface area contributed by atoms with Gasteiger partial charge >= 0.3 is 0 Å². The number of benzene rings is 2. The molecule has 0 aliphatic rings. The molecule has 0 saturated heterocycles. The van der Waals surface area contributed by atoms with Crippen LogP contribution in [0, 0.1) is 6.92 Å². The summed E-state index contributed by atoms with van der Waals surface area (Å²) in [5.74, 6) is 0.876. The summed E-state index contributed by atoms with van der Waals surface area (Å²) in [5.41, 5.74) is 2.31. The Hall–Kier alpha value is -2.92. The van der Waals surface area contributed by atoms with Crippen molar-refractivity contribution in [2.24, 2.45) is 0 Å². The molecule has 1 heterocycles. The second-order valence-corrected chi connectivity index (χ2v) is 6.64. The van der Waals surface area contributed by atoms with E-state index in [9.17, 15) is 4.79 Å². The first-order chi connectivity index (χ1) is 13.0. The number of aromatic nitrogens is 2. The summed E-state index contributed by atoms with van der Waals surface area (Å²) in [6.07, 6.45) is 0. The highest BCUT2D eigenvalue weighted by Crippen LogP contribution is 2.18. The van der Waals surface area contributed by atoms with Crippen LogP contribution in [-0.4, -0.2) is 15.9 Å². The summed E-state index contributed by atoms with van der Waals surface area (Å²) in [4.78, 5) is 21.2. The molecule has 0 bridgehead atoms. The Bertz CT molecular complexity index is 930. The van der Waals surface area contributed by atoms with Crippen molar-refractivity contribution >= 4 is 23.3 Å². The molecule has 3 rings (SSSR count). The largest absolute Gasteiger partial charge is 0.363 e. The standard InChI is InChI=1S/C21H21ClN4O/c1-14(16-8-4-3-5-9-16)24-20-12-19(25-15(2)26-20)21(27)23-13-17-10-6-7-11-18(17)22/h3-12,14H,13H2,1-2H3,(H,23,27)(H,24,25,26). The van der Waals surface area contributed by atoms with E-state index >= 15 is 0 Å². The number of hydrogen-bond acceptors (Lipinski definition) is 4. The van der Waals surface area contributed by atoms with Gasteiger partial charge in [0.05, 0.1) is 0 Å².